The number of rotatable bonds is 6. The van der Waals surface area contributed by atoms with E-state index in [-0.39, 0.29) is 12.7 Å². The maximum Gasteiger partial charge on any atom is 0.254 e. The smallest absolute Gasteiger partial charge is 0.254 e. The van der Waals surface area contributed by atoms with E-state index in [1.807, 2.05) is 17.5 Å². The van der Waals surface area contributed by atoms with Crippen molar-refractivity contribution < 1.29 is 19.0 Å². The fourth-order valence-corrected chi connectivity index (χ4v) is 2.98. The molecule has 1 aliphatic rings. The van der Waals surface area contributed by atoms with Gasteiger partial charge in [0.25, 0.3) is 5.91 Å². The molecule has 0 bridgehead atoms. The number of carbonyl (C=O) groups excluding carboxylic acids is 1. The number of amides is 1. The Morgan fingerprint density at radius 2 is 2.18 bits per heavy atom. The van der Waals surface area contributed by atoms with Gasteiger partial charge in [0, 0.05) is 24.1 Å². The van der Waals surface area contributed by atoms with Crippen LogP contribution in [0.2, 0.25) is 0 Å². The van der Waals surface area contributed by atoms with Crippen molar-refractivity contribution in [2.75, 3.05) is 27.1 Å². The summed E-state index contributed by atoms with van der Waals surface area (Å²) in [5.74, 6) is 1.26. The van der Waals surface area contributed by atoms with Crippen LogP contribution < -0.4 is 9.47 Å². The van der Waals surface area contributed by atoms with E-state index in [1.54, 1.807) is 41.5 Å². The van der Waals surface area contributed by atoms with Gasteiger partial charge in [0.2, 0.25) is 6.79 Å². The molecule has 0 radical (unpaired) electrons. The molecule has 0 spiro atoms. The minimum atomic E-state index is -0.0382. The molecular weight excluding hydrogens is 302 g/mol. The van der Waals surface area contributed by atoms with Crippen LogP contribution >= 0.6 is 11.3 Å². The van der Waals surface area contributed by atoms with Crippen LogP contribution in [0.3, 0.4) is 0 Å². The molecule has 0 unspecified atom stereocenters. The van der Waals surface area contributed by atoms with E-state index >= 15 is 0 Å². The minimum absolute atomic E-state index is 0.0382. The molecule has 1 amide bonds. The van der Waals surface area contributed by atoms with Crippen LogP contribution in [0.1, 0.15) is 15.2 Å². The molecular formula is C16H17NO4S. The lowest BCUT2D eigenvalue weighted by molar-refractivity contribution is 0.0682. The van der Waals surface area contributed by atoms with Crippen LogP contribution in [0.25, 0.3) is 0 Å². The van der Waals surface area contributed by atoms with Crippen molar-refractivity contribution in [3.8, 4) is 11.5 Å². The van der Waals surface area contributed by atoms with Gasteiger partial charge in [-0.05, 0) is 29.6 Å². The Morgan fingerprint density at radius 1 is 1.32 bits per heavy atom. The number of carbonyl (C=O) groups is 1. The number of hydrogen-bond acceptors (Lipinski definition) is 5. The zero-order chi connectivity index (χ0) is 15.4. The van der Waals surface area contributed by atoms with Gasteiger partial charge >= 0.3 is 0 Å². The minimum Gasteiger partial charge on any atom is -0.454 e. The first-order valence-electron chi connectivity index (χ1n) is 6.98. The van der Waals surface area contributed by atoms with Crippen LogP contribution in [0.15, 0.2) is 35.7 Å². The second kappa shape index (κ2) is 6.81. The predicted octanol–water partition coefficient (Wildman–Crippen LogP) is 2.77. The SMILES string of the molecule is COCCN(Cc1cccs1)C(=O)c1ccc2c(c1)OCO2. The summed E-state index contributed by atoms with van der Waals surface area (Å²) in [6, 6.07) is 9.29. The normalized spacial score (nSPS) is 12.4. The molecule has 1 aromatic carbocycles. The molecule has 116 valence electrons. The Kier molecular flexibility index (Phi) is 4.60. The third kappa shape index (κ3) is 3.23. The first-order valence-corrected chi connectivity index (χ1v) is 7.86. The number of methoxy groups -OCH3 is 1. The number of nitrogens with zero attached hydrogens (tertiary/aromatic N) is 1. The number of benzene rings is 1. The van der Waals surface area contributed by atoms with E-state index in [1.165, 1.54) is 0 Å². The summed E-state index contributed by atoms with van der Waals surface area (Å²) in [5, 5.41) is 2.01. The molecule has 6 heteroatoms. The summed E-state index contributed by atoms with van der Waals surface area (Å²) in [6.07, 6.45) is 0. The second-order valence-electron chi connectivity index (χ2n) is 4.87. The molecule has 0 atom stereocenters. The zero-order valence-corrected chi connectivity index (χ0v) is 13.1. The number of fused-ring (bicyclic) bond motifs is 1. The average molecular weight is 319 g/mol. The summed E-state index contributed by atoms with van der Waals surface area (Å²) in [5.41, 5.74) is 0.594. The summed E-state index contributed by atoms with van der Waals surface area (Å²) in [6.45, 7) is 1.83. The lowest BCUT2D eigenvalue weighted by Crippen LogP contribution is -2.33. The lowest BCUT2D eigenvalue weighted by atomic mass is 10.1. The van der Waals surface area contributed by atoms with Crippen molar-refractivity contribution in [2.24, 2.45) is 0 Å². The van der Waals surface area contributed by atoms with Gasteiger partial charge in [0.05, 0.1) is 13.2 Å². The van der Waals surface area contributed by atoms with E-state index in [0.29, 0.717) is 36.8 Å². The van der Waals surface area contributed by atoms with E-state index < -0.39 is 0 Å². The third-order valence-electron chi connectivity index (χ3n) is 3.40. The highest BCUT2D eigenvalue weighted by molar-refractivity contribution is 7.09. The monoisotopic (exact) mass is 319 g/mol. The van der Waals surface area contributed by atoms with E-state index in [9.17, 15) is 4.79 Å². The largest absolute Gasteiger partial charge is 0.454 e. The van der Waals surface area contributed by atoms with Crippen molar-refractivity contribution in [3.63, 3.8) is 0 Å². The van der Waals surface area contributed by atoms with Crippen LogP contribution in [0.5, 0.6) is 11.5 Å². The summed E-state index contributed by atoms with van der Waals surface area (Å²) in [7, 11) is 1.63. The Labute approximate surface area is 133 Å². The van der Waals surface area contributed by atoms with Gasteiger partial charge in [-0.25, -0.2) is 0 Å². The van der Waals surface area contributed by atoms with Crippen molar-refractivity contribution in [1.29, 1.82) is 0 Å². The summed E-state index contributed by atoms with van der Waals surface area (Å²) >= 11 is 1.64. The van der Waals surface area contributed by atoms with Gasteiger partial charge < -0.3 is 19.1 Å². The first kappa shape index (κ1) is 14.9. The predicted molar refractivity (Wildman–Crippen MR) is 83.5 cm³/mol. The van der Waals surface area contributed by atoms with Crippen LogP contribution in [-0.2, 0) is 11.3 Å². The highest BCUT2D eigenvalue weighted by atomic mass is 32.1. The van der Waals surface area contributed by atoms with Gasteiger partial charge in [-0.1, -0.05) is 6.07 Å². The highest BCUT2D eigenvalue weighted by Crippen LogP contribution is 2.33. The Morgan fingerprint density at radius 3 is 2.95 bits per heavy atom. The maximum absolute atomic E-state index is 12.8. The van der Waals surface area contributed by atoms with E-state index in [0.717, 1.165) is 4.88 Å². The van der Waals surface area contributed by atoms with Gasteiger partial charge in [0.15, 0.2) is 11.5 Å². The third-order valence-corrected chi connectivity index (χ3v) is 4.26. The fraction of sp³-hybridized carbons (Fsp3) is 0.312. The molecule has 22 heavy (non-hydrogen) atoms. The van der Waals surface area contributed by atoms with Gasteiger partial charge in [-0.2, -0.15) is 0 Å². The topological polar surface area (TPSA) is 48.0 Å². The van der Waals surface area contributed by atoms with Crippen LogP contribution in [-0.4, -0.2) is 37.9 Å². The summed E-state index contributed by atoms with van der Waals surface area (Å²) < 4.78 is 15.7. The standard InChI is InChI=1S/C16H17NO4S/c1-19-7-6-17(10-13-3-2-8-22-13)16(18)12-4-5-14-15(9-12)21-11-20-14/h2-5,8-9H,6-7,10-11H2,1H3. The molecule has 0 N–H and O–H groups in total. The number of thiophene rings is 1. The van der Waals surface area contributed by atoms with Gasteiger partial charge in [0.1, 0.15) is 0 Å². The lowest BCUT2D eigenvalue weighted by Gasteiger charge is -2.22. The molecule has 0 fully saturated rings. The quantitative estimate of drug-likeness (QED) is 0.821. The Bertz CT molecular complexity index is 642. The van der Waals surface area contributed by atoms with Crippen molar-refractivity contribution in [3.05, 3.63) is 46.2 Å². The number of hydrogen-bond donors (Lipinski definition) is 0. The summed E-state index contributed by atoms with van der Waals surface area (Å²) in [4.78, 5) is 15.7. The average Bonchev–Trinajstić information content (AvgIpc) is 3.21. The Hall–Kier alpha value is -2.05. The van der Waals surface area contributed by atoms with Gasteiger partial charge in [-0.15, -0.1) is 11.3 Å². The van der Waals surface area contributed by atoms with Crippen LogP contribution in [0, 0.1) is 0 Å². The maximum atomic E-state index is 12.8. The molecule has 1 aromatic heterocycles. The van der Waals surface area contributed by atoms with Gasteiger partial charge in [-0.3, -0.25) is 4.79 Å². The van der Waals surface area contributed by atoms with Crippen LogP contribution in [0.4, 0.5) is 0 Å². The van der Waals surface area contributed by atoms with Crippen molar-refractivity contribution >= 4 is 17.2 Å². The van der Waals surface area contributed by atoms with E-state index in [4.69, 9.17) is 14.2 Å². The molecule has 5 nitrogen and oxygen atoms in total. The van der Waals surface area contributed by atoms with Crippen molar-refractivity contribution in [2.45, 2.75) is 6.54 Å². The second-order valence-corrected chi connectivity index (χ2v) is 5.90. The molecule has 3 rings (SSSR count). The zero-order valence-electron chi connectivity index (χ0n) is 12.3. The molecule has 2 heterocycles. The molecule has 1 aliphatic heterocycles. The molecule has 2 aromatic rings. The van der Waals surface area contributed by atoms with E-state index in [2.05, 4.69) is 0 Å². The molecule has 0 saturated carbocycles. The molecule has 0 aliphatic carbocycles. The number of ether oxygens (including phenoxy) is 3. The fourth-order valence-electron chi connectivity index (χ4n) is 2.26. The van der Waals surface area contributed by atoms with Crippen molar-refractivity contribution in [1.82, 2.24) is 4.90 Å². The highest BCUT2D eigenvalue weighted by Gasteiger charge is 2.20. The molecule has 0 saturated heterocycles. The Balaban J connectivity index is 1.78. The first-order chi connectivity index (χ1) is 10.8.